The van der Waals surface area contributed by atoms with Crippen LogP contribution in [0.4, 0.5) is 5.82 Å². The van der Waals surface area contributed by atoms with Crippen LogP contribution in [0.25, 0.3) is 11.1 Å². The normalized spacial score (nSPS) is 10.6. The number of benzene rings is 1. The van der Waals surface area contributed by atoms with E-state index >= 15 is 0 Å². The number of carbonyl (C=O) groups excluding carboxylic acids is 2. The number of nitrogens with zero attached hydrogens (tertiary/aromatic N) is 4. The summed E-state index contributed by atoms with van der Waals surface area (Å²) in [6.45, 7) is 0. The Balaban J connectivity index is 1.95. The quantitative estimate of drug-likeness (QED) is 0.784. The summed E-state index contributed by atoms with van der Waals surface area (Å²) in [5, 5.41) is 7.21. The van der Waals surface area contributed by atoms with E-state index in [1.165, 1.54) is 4.90 Å². The molecule has 0 unspecified atom stereocenters. The van der Waals surface area contributed by atoms with Gasteiger partial charge < -0.3 is 14.8 Å². The van der Waals surface area contributed by atoms with Gasteiger partial charge >= 0.3 is 0 Å². The Morgan fingerprint density at radius 2 is 1.88 bits per heavy atom. The summed E-state index contributed by atoms with van der Waals surface area (Å²) in [7, 11) is 7.02. The Kier molecular flexibility index (Phi) is 4.62. The van der Waals surface area contributed by atoms with Crippen molar-refractivity contribution in [2.75, 3.05) is 19.4 Å². The second kappa shape index (κ2) is 6.87. The average molecular weight is 351 g/mol. The van der Waals surface area contributed by atoms with Crippen LogP contribution in [0, 0.1) is 0 Å². The molecule has 1 aromatic carbocycles. The molecule has 7 nitrogen and oxygen atoms in total. The van der Waals surface area contributed by atoms with Crippen LogP contribution < -0.4 is 5.32 Å². The molecule has 2 amide bonds. The highest BCUT2D eigenvalue weighted by Gasteiger charge is 2.17. The Labute approximate surface area is 151 Å². The van der Waals surface area contributed by atoms with E-state index in [2.05, 4.69) is 10.4 Å². The van der Waals surface area contributed by atoms with Crippen molar-refractivity contribution in [3.63, 3.8) is 0 Å². The number of anilines is 1. The van der Waals surface area contributed by atoms with Gasteiger partial charge in [0.2, 0.25) is 0 Å². The van der Waals surface area contributed by atoms with E-state index in [9.17, 15) is 9.59 Å². The molecule has 0 aliphatic carbocycles. The van der Waals surface area contributed by atoms with Crippen molar-refractivity contribution in [1.82, 2.24) is 19.2 Å². The monoisotopic (exact) mass is 351 g/mol. The molecule has 0 fully saturated rings. The zero-order valence-corrected chi connectivity index (χ0v) is 15.2. The molecule has 3 rings (SSSR count). The third kappa shape index (κ3) is 3.37. The molecule has 0 spiro atoms. The van der Waals surface area contributed by atoms with Gasteiger partial charge in [0, 0.05) is 51.7 Å². The molecule has 0 radical (unpaired) electrons. The van der Waals surface area contributed by atoms with Gasteiger partial charge in [-0.3, -0.25) is 14.3 Å². The summed E-state index contributed by atoms with van der Waals surface area (Å²) in [6.07, 6.45) is 3.63. The third-order valence-corrected chi connectivity index (χ3v) is 4.06. The fourth-order valence-electron chi connectivity index (χ4n) is 2.74. The summed E-state index contributed by atoms with van der Waals surface area (Å²) in [6, 6.07) is 10.8. The number of amides is 2. The molecule has 134 valence electrons. The number of rotatable bonds is 4. The lowest BCUT2D eigenvalue weighted by molar-refractivity contribution is 0.0827. The van der Waals surface area contributed by atoms with Crippen LogP contribution in [0.3, 0.4) is 0 Å². The van der Waals surface area contributed by atoms with E-state index in [0.29, 0.717) is 17.1 Å². The second-order valence-corrected chi connectivity index (χ2v) is 6.30. The molecule has 0 saturated carbocycles. The highest BCUT2D eigenvalue weighted by molar-refractivity contribution is 6.04. The van der Waals surface area contributed by atoms with Crippen molar-refractivity contribution < 1.29 is 9.59 Å². The van der Waals surface area contributed by atoms with Gasteiger partial charge in [-0.05, 0) is 29.8 Å². The van der Waals surface area contributed by atoms with Crippen molar-refractivity contribution in [2.45, 2.75) is 0 Å². The molecule has 3 aromatic rings. The van der Waals surface area contributed by atoms with E-state index in [1.54, 1.807) is 48.6 Å². The smallest absolute Gasteiger partial charge is 0.273 e. The summed E-state index contributed by atoms with van der Waals surface area (Å²) >= 11 is 0. The molecule has 7 heteroatoms. The molecule has 0 bridgehead atoms. The van der Waals surface area contributed by atoms with Crippen LogP contribution in [0.2, 0.25) is 0 Å². The molecule has 2 heterocycles. The lowest BCUT2D eigenvalue weighted by Gasteiger charge is -2.11. The Morgan fingerprint density at radius 1 is 1.12 bits per heavy atom. The maximum absolute atomic E-state index is 12.5. The zero-order valence-electron chi connectivity index (χ0n) is 15.2. The number of aromatic nitrogens is 3. The minimum absolute atomic E-state index is 0.0786. The highest BCUT2D eigenvalue weighted by Crippen LogP contribution is 2.28. The van der Waals surface area contributed by atoms with Gasteiger partial charge in [-0.15, -0.1) is 0 Å². The van der Waals surface area contributed by atoms with Crippen LogP contribution in [0.5, 0.6) is 0 Å². The summed E-state index contributed by atoms with van der Waals surface area (Å²) in [5.41, 5.74) is 2.69. The van der Waals surface area contributed by atoms with Gasteiger partial charge in [0.1, 0.15) is 5.69 Å². The summed E-state index contributed by atoms with van der Waals surface area (Å²) < 4.78 is 3.38. The molecular formula is C19H21N5O2. The zero-order chi connectivity index (χ0) is 18.8. The highest BCUT2D eigenvalue weighted by atomic mass is 16.2. The lowest BCUT2D eigenvalue weighted by atomic mass is 10.0. The topological polar surface area (TPSA) is 72.2 Å². The molecule has 0 aliphatic rings. The van der Waals surface area contributed by atoms with Gasteiger partial charge in [0.15, 0.2) is 5.82 Å². The second-order valence-electron chi connectivity index (χ2n) is 6.30. The van der Waals surface area contributed by atoms with Gasteiger partial charge in [-0.25, -0.2) is 0 Å². The fourth-order valence-corrected chi connectivity index (χ4v) is 2.74. The first-order valence-electron chi connectivity index (χ1n) is 8.15. The van der Waals surface area contributed by atoms with E-state index in [4.69, 9.17) is 0 Å². The first-order valence-corrected chi connectivity index (χ1v) is 8.15. The maximum atomic E-state index is 12.5. The maximum Gasteiger partial charge on any atom is 0.273 e. The van der Waals surface area contributed by atoms with Gasteiger partial charge in [0.05, 0.1) is 0 Å². The number of carbonyl (C=O) groups is 2. The Bertz CT molecular complexity index is 968. The van der Waals surface area contributed by atoms with Gasteiger partial charge in [-0.1, -0.05) is 12.1 Å². The first kappa shape index (κ1) is 17.5. The molecule has 1 N–H and O–H groups in total. The van der Waals surface area contributed by atoms with Crippen LogP contribution in [0.1, 0.15) is 20.8 Å². The van der Waals surface area contributed by atoms with E-state index in [1.807, 2.05) is 37.6 Å². The molecule has 26 heavy (non-hydrogen) atoms. The predicted octanol–water partition coefficient (Wildman–Crippen LogP) is 2.38. The molecule has 0 saturated heterocycles. The third-order valence-electron chi connectivity index (χ3n) is 4.06. The number of hydrogen-bond acceptors (Lipinski definition) is 3. The van der Waals surface area contributed by atoms with Gasteiger partial charge in [0.25, 0.3) is 11.8 Å². The van der Waals surface area contributed by atoms with Gasteiger partial charge in [-0.2, -0.15) is 5.10 Å². The number of hydrogen-bond donors (Lipinski definition) is 1. The van der Waals surface area contributed by atoms with Crippen LogP contribution in [0.15, 0.2) is 48.8 Å². The van der Waals surface area contributed by atoms with Crippen molar-refractivity contribution in [2.24, 2.45) is 14.1 Å². The van der Waals surface area contributed by atoms with E-state index in [0.717, 1.165) is 11.1 Å². The minimum Gasteiger partial charge on any atom is -0.347 e. The van der Waals surface area contributed by atoms with E-state index < -0.39 is 0 Å². The molecule has 2 aromatic heterocycles. The molecule has 0 aliphatic heterocycles. The van der Waals surface area contributed by atoms with Crippen LogP contribution >= 0.6 is 0 Å². The van der Waals surface area contributed by atoms with Crippen molar-refractivity contribution in [3.8, 4) is 11.1 Å². The average Bonchev–Trinajstić information content (AvgIpc) is 3.19. The standard InChI is InChI=1S/C19H21N5O2/c1-22(2)19(26)14-8-5-7-13(11-14)15-12-24(4)21-17(15)20-18(25)16-9-6-10-23(16)3/h5-12H,1-4H3,(H,20,21,25). The van der Waals surface area contributed by atoms with Crippen molar-refractivity contribution >= 4 is 17.6 Å². The SMILES string of the molecule is CN(C)C(=O)c1cccc(-c2cn(C)nc2NC(=O)c2cccn2C)c1. The Morgan fingerprint density at radius 3 is 2.54 bits per heavy atom. The predicted molar refractivity (Wildman–Crippen MR) is 100 cm³/mol. The molecule has 0 atom stereocenters. The summed E-state index contributed by atoms with van der Waals surface area (Å²) in [4.78, 5) is 26.3. The summed E-state index contributed by atoms with van der Waals surface area (Å²) in [5.74, 6) is 0.135. The van der Waals surface area contributed by atoms with Crippen LogP contribution in [-0.4, -0.2) is 45.2 Å². The number of nitrogens with one attached hydrogen (secondary N) is 1. The van der Waals surface area contributed by atoms with Crippen LogP contribution in [-0.2, 0) is 14.1 Å². The van der Waals surface area contributed by atoms with Crippen molar-refractivity contribution in [1.29, 1.82) is 0 Å². The Hall–Kier alpha value is -3.35. The molecular weight excluding hydrogens is 330 g/mol. The van der Waals surface area contributed by atoms with Crippen molar-refractivity contribution in [3.05, 3.63) is 60.0 Å². The van der Waals surface area contributed by atoms with E-state index in [-0.39, 0.29) is 11.8 Å². The first-order chi connectivity index (χ1) is 12.4. The number of aryl methyl sites for hydroxylation is 2. The minimum atomic E-state index is -0.238. The largest absolute Gasteiger partial charge is 0.347 e. The fraction of sp³-hybridized carbons (Fsp3) is 0.211. The lowest BCUT2D eigenvalue weighted by Crippen LogP contribution is -2.21.